The summed E-state index contributed by atoms with van der Waals surface area (Å²) in [6.45, 7) is -1.31. The summed E-state index contributed by atoms with van der Waals surface area (Å²) in [6, 6.07) is 1.33. The van der Waals surface area contributed by atoms with Crippen molar-refractivity contribution in [1.29, 1.82) is 0 Å². The summed E-state index contributed by atoms with van der Waals surface area (Å²) in [4.78, 5) is 55.1. The van der Waals surface area contributed by atoms with Gasteiger partial charge in [-0.25, -0.2) is 19.2 Å². The maximum absolute atomic E-state index is 14.1. The Hall–Kier alpha value is -7.72. The molecule has 0 saturated carbocycles. The van der Waals surface area contributed by atoms with Crippen LogP contribution in [0.5, 0.6) is 69.0 Å². The third-order valence-corrected chi connectivity index (χ3v) is 9.33. The van der Waals surface area contributed by atoms with Crippen molar-refractivity contribution in [3.05, 3.63) is 46.0 Å². The molecule has 4 aromatic rings. The molecule has 4 heterocycles. The highest BCUT2D eigenvalue weighted by Gasteiger charge is 2.53. The average Bonchev–Trinajstić information content (AvgIpc) is 3.16. The highest BCUT2D eigenvalue weighted by atomic mass is 16.6. The van der Waals surface area contributed by atoms with Gasteiger partial charge in [-0.05, 0) is 18.2 Å². The fourth-order valence-electron chi connectivity index (χ4n) is 6.70. The number of esters is 4. The molecule has 0 unspecified atom stereocenters. The minimum absolute atomic E-state index is 0.403. The third kappa shape index (κ3) is 5.03. The Labute approximate surface area is 307 Å². The van der Waals surface area contributed by atoms with E-state index in [0.717, 1.165) is 0 Å². The zero-order valence-electron chi connectivity index (χ0n) is 27.4. The first-order valence-corrected chi connectivity index (χ1v) is 15.6. The van der Waals surface area contributed by atoms with Gasteiger partial charge in [0.05, 0.1) is 22.3 Å². The van der Waals surface area contributed by atoms with Crippen molar-refractivity contribution in [2.75, 3.05) is 6.61 Å². The highest BCUT2D eigenvalue weighted by Crippen LogP contribution is 2.58. The predicted molar refractivity (Wildman–Crippen MR) is 173 cm³/mol. The van der Waals surface area contributed by atoms with Gasteiger partial charge in [-0.3, -0.25) is 0 Å². The van der Waals surface area contributed by atoms with Crippen LogP contribution in [0.25, 0.3) is 22.3 Å². The zero-order valence-corrected chi connectivity index (χ0v) is 27.4. The van der Waals surface area contributed by atoms with E-state index in [1.54, 1.807) is 0 Å². The van der Waals surface area contributed by atoms with E-state index in [4.69, 9.17) is 18.9 Å². The second kappa shape index (κ2) is 12.4. The van der Waals surface area contributed by atoms with Crippen molar-refractivity contribution >= 4 is 23.9 Å². The molecule has 0 aromatic heterocycles. The number of aliphatic hydroxyl groups excluding tert-OH is 2. The van der Waals surface area contributed by atoms with Crippen molar-refractivity contribution in [1.82, 2.24) is 0 Å². The first kappa shape index (κ1) is 36.6. The van der Waals surface area contributed by atoms with E-state index in [0.29, 0.717) is 18.2 Å². The molecule has 56 heavy (non-hydrogen) atoms. The molecule has 4 aromatic carbocycles. The van der Waals surface area contributed by atoms with E-state index >= 15 is 0 Å². The van der Waals surface area contributed by atoms with Crippen LogP contribution in [-0.2, 0) is 18.9 Å². The van der Waals surface area contributed by atoms with Crippen molar-refractivity contribution in [2.45, 2.75) is 30.5 Å². The number of cyclic esters (lactones) is 2. The molecule has 4 bridgehead atoms. The van der Waals surface area contributed by atoms with E-state index in [9.17, 15) is 90.7 Å². The monoisotopic (exact) mass is 784 g/mol. The molecule has 0 aliphatic carbocycles. The molecular formula is C34H24O22. The zero-order chi connectivity index (χ0) is 41.0. The molecule has 0 spiro atoms. The Bertz CT molecular complexity index is 2470. The number of aliphatic hydroxyl groups is 2. The van der Waals surface area contributed by atoms with Gasteiger partial charge >= 0.3 is 23.9 Å². The number of phenolic OH excluding ortho intramolecular Hbond substituents is 12. The highest BCUT2D eigenvalue weighted by molar-refractivity contribution is 6.11. The van der Waals surface area contributed by atoms with Crippen LogP contribution in [-0.4, -0.2) is 126 Å². The number of phenols is 12. The van der Waals surface area contributed by atoms with Gasteiger partial charge in [0.1, 0.15) is 18.8 Å². The van der Waals surface area contributed by atoms with Gasteiger partial charge in [0.15, 0.2) is 64.3 Å². The van der Waals surface area contributed by atoms with Crippen LogP contribution in [0.4, 0.5) is 0 Å². The predicted octanol–water partition coefficient (Wildman–Crippen LogP) is 0.356. The maximum atomic E-state index is 14.1. The lowest BCUT2D eigenvalue weighted by Gasteiger charge is -2.40. The number of aromatic hydroxyl groups is 12. The van der Waals surface area contributed by atoms with Crippen molar-refractivity contribution in [3.8, 4) is 91.2 Å². The number of fused-ring (bicyclic) bond motifs is 6. The van der Waals surface area contributed by atoms with Gasteiger partial charge < -0.3 is 90.4 Å². The minimum Gasteiger partial charge on any atom is -0.504 e. The Morgan fingerprint density at radius 1 is 0.411 bits per heavy atom. The Balaban J connectivity index is 1.48. The summed E-state index contributed by atoms with van der Waals surface area (Å²) in [5.41, 5.74) is -9.23. The summed E-state index contributed by atoms with van der Waals surface area (Å²) in [5, 5.41) is 150. The van der Waals surface area contributed by atoms with Crippen LogP contribution >= 0.6 is 0 Å². The molecular weight excluding hydrogens is 760 g/mol. The number of carbonyl (C=O) groups is 4. The number of ether oxygens (including phenoxy) is 4. The minimum atomic E-state index is -2.55. The van der Waals surface area contributed by atoms with E-state index < -0.39 is 180 Å². The van der Waals surface area contributed by atoms with E-state index in [1.165, 1.54) is 0 Å². The van der Waals surface area contributed by atoms with Crippen LogP contribution in [0, 0.1) is 0 Å². The fourth-order valence-corrected chi connectivity index (χ4v) is 6.70. The summed E-state index contributed by atoms with van der Waals surface area (Å²) in [5.74, 6) is -22.9. The molecule has 4 aliphatic rings. The Morgan fingerprint density at radius 3 is 1.29 bits per heavy atom. The summed E-state index contributed by atoms with van der Waals surface area (Å²) >= 11 is 0. The molecule has 0 amide bonds. The molecule has 4 aliphatic heterocycles. The number of benzene rings is 4. The molecule has 5 atom stereocenters. The van der Waals surface area contributed by atoms with Gasteiger partial charge in [0, 0.05) is 27.8 Å². The first-order valence-electron chi connectivity index (χ1n) is 15.6. The smallest absolute Gasteiger partial charge is 0.339 e. The van der Waals surface area contributed by atoms with Gasteiger partial charge in [-0.2, -0.15) is 0 Å². The molecule has 14 N–H and O–H groups in total. The molecule has 8 rings (SSSR count). The van der Waals surface area contributed by atoms with Gasteiger partial charge in [-0.15, -0.1) is 0 Å². The normalized spacial score (nSPS) is 21.6. The van der Waals surface area contributed by atoms with Crippen LogP contribution in [0.3, 0.4) is 0 Å². The average molecular weight is 785 g/mol. The van der Waals surface area contributed by atoms with Crippen molar-refractivity contribution in [3.63, 3.8) is 0 Å². The van der Waals surface area contributed by atoms with E-state index in [-0.39, 0.29) is 0 Å². The number of carbonyl (C=O) groups excluding carboxylic acids is 4. The maximum Gasteiger partial charge on any atom is 0.339 e. The van der Waals surface area contributed by atoms with Crippen molar-refractivity contribution in [2.24, 2.45) is 0 Å². The SMILES string of the molecule is O=C1OC[C@H](O)[C@H]([C@H]2OC(=O)c3cc(O)c(O)c(O)c3-c3c(O)c(O)c(O)c4c3C(=O)O[C@H]2[C@@H]4O)OC(=O)c2cc(O)c(O)c(O)c2-c2c1cc(O)c(O)c2O. The van der Waals surface area contributed by atoms with Crippen LogP contribution in [0.15, 0.2) is 18.2 Å². The van der Waals surface area contributed by atoms with Crippen LogP contribution in [0.1, 0.15) is 53.1 Å². The number of hydrogen-bond donors (Lipinski definition) is 14. The van der Waals surface area contributed by atoms with E-state index in [1.807, 2.05) is 0 Å². The topological polar surface area (TPSA) is 388 Å². The molecule has 22 nitrogen and oxygen atoms in total. The lowest BCUT2D eigenvalue weighted by molar-refractivity contribution is -0.153. The lowest BCUT2D eigenvalue weighted by atomic mass is 9.82. The van der Waals surface area contributed by atoms with E-state index in [2.05, 4.69) is 0 Å². The first-order chi connectivity index (χ1) is 26.3. The largest absolute Gasteiger partial charge is 0.504 e. The standard InChI is InChI=1S/C34H24O22/c35-8-1-5-12(21(42)18(8)39)13-6(2-9(36)19(40)22(13)43)32(50)54-28(11(38)4-53-31(5)49)30-29-26(47)17-16(34(52)55-29)15(24(45)27(48)25(17)46)14-7(33(51)56-30)3-10(37)20(41)23(14)44/h1-3,11,26,28-30,35-48H,4H2/t11-,26+,28+,29-,30+/m0/s1. The van der Waals surface area contributed by atoms with Crippen LogP contribution in [0.2, 0.25) is 0 Å². The summed E-state index contributed by atoms with van der Waals surface area (Å²) < 4.78 is 21.3. The van der Waals surface area contributed by atoms with Gasteiger partial charge in [-0.1, -0.05) is 0 Å². The lowest BCUT2D eigenvalue weighted by Crippen LogP contribution is -2.55. The number of hydrogen-bond acceptors (Lipinski definition) is 22. The molecule has 0 saturated heterocycles. The Kier molecular flexibility index (Phi) is 8.13. The molecule has 0 radical (unpaired) electrons. The molecule has 292 valence electrons. The quantitative estimate of drug-likeness (QED) is 0.0703. The van der Waals surface area contributed by atoms with Gasteiger partial charge in [0.2, 0.25) is 23.0 Å². The summed E-state index contributed by atoms with van der Waals surface area (Å²) in [6.07, 6.45) is -12.4. The summed E-state index contributed by atoms with van der Waals surface area (Å²) in [7, 11) is 0. The second-order valence-corrected chi connectivity index (χ2v) is 12.5. The molecule has 22 heteroatoms. The second-order valence-electron chi connectivity index (χ2n) is 12.5. The third-order valence-electron chi connectivity index (χ3n) is 9.33. The van der Waals surface area contributed by atoms with Gasteiger partial charge in [0.25, 0.3) is 0 Å². The van der Waals surface area contributed by atoms with Crippen molar-refractivity contribution < 1.29 is 110 Å². The number of rotatable bonds is 1. The Morgan fingerprint density at radius 2 is 0.804 bits per heavy atom. The van der Waals surface area contributed by atoms with Crippen LogP contribution < -0.4 is 0 Å². The molecule has 0 fully saturated rings. The fraction of sp³-hybridized carbons (Fsp3) is 0.176.